The second kappa shape index (κ2) is 7.52. The van der Waals surface area contributed by atoms with Gasteiger partial charge in [0, 0.05) is 49.2 Å². The first kappa shape index (κ1) is 15.9. The minimum absolute atomic E-state index is 0.149. The summed E-state index contributed by atoms with van der Waals surface area (Å²) in [6, 6.07) is 7.28. The van der Waals surface area contributed by atoms with E-state index in [1.165, 1.54) is 0 Å². The Labute approximate surface area is 133 Å². The van der Waals surface area contributed by atoms with Crippen LogP contribution in [0.3, 0.4) is 0 Å². The second-order valence-electron chi connectivity index (χ2n) is 4.75. The molecule has 0 bridgehead atoms. The number of halogens is 2. The molecular formula is C14H17Cl2N3O2. The molecule has 0 atom stereocenters. The first-order valence-electron chi connectivity index (χ1n) is 6.75. The number of anilines is 1. The van der Waals surface area contributed by atoms with Crippen molar-refractivity contribution in [3.8, 4) is 0 Å². The Bertz CT molecular complexity index is 517. The number of imide groups is 1. The lowest BCUT2D eigenvalue weighted by Gasteiger charge is -2.36. The summed E-state index contributed by atoms with van der Waals surface area (Å²) in [5, 5.41) is 3.03. The molecule has 1 aliphatic rings. The van der Waals surface area contributed by atoms with Crippen molar-refractivity contribution < 1.29 is 9.59 Å². The van der Waals surface area contributed by atoms with Crippen LogP contribution in [-0.4, -0.2) is 48.9 Å². The van der Waals surface area contributed by atoms with Crippen molar-refractivity contribution in [3.63, 3.8) is 0 Å². The third-order valence-corrected chi connectivity index (χ3v) is 3.73. The van der Waals surface area contributed by atoms with Crippen molar-refractivity contribution in [2.45, 2.75) is 6.42 Å². The molecule has 1 heterocycles. The van der Waals surface area contributed by atoms with Gasteiger partial charge in [0.2, 0.25) is 5.91 Å². The number of nitrogens with zero attached hydrogens (tertiary/aromatic N) is 2. The zero-order valence-corrected chi connectivity index (χ0v) is 13.0. The lowest BCUT2D eigenvalue weighted by atomic mass is 10.2. The Morgan fingerprint density at radius 3 is 2.52 bits per heavy atom. The summed E-state index contributed by atoms with van der Waals surface area (Å²) < 4.78 is 0. The summed E-state index contributed by atoms with van der Waals surface area (Å²) in [5.74, 6) is -0.131. The van der Waals surface area contributed by atoms with Gasteiger partial charge in [0.05, 0.1) is 0 Å². The maximum atomic E-state index is 11.9. The lowest BCUT2D eigenvalue weighted by molar-refractivity contribution is -0.119. The van der Waals surface area contributed by atoms with E-state index in [0.717, 1.165) is 5.69 Å². The highest BCUT2D eigenvalue weighted by molar-refractivity contribution is 6.30. The van der Waals surface area contributed by atoms with E-state index in [-0.39, 0.29) is 24.2 Å². The van der Waals surface area contributed by atoms with E-state index >= 15 is 0 Å². The average Bonchev–Trinajstić information content (AvgIpc) is 2.47. The molecule has 0 saturated carbocycles. The zero-order valence-electron chi connectivity index (χ0n) is 11.5. The molecule has 1 fully saturated rings. The molecule has 0 aromatic heterocycles. The van der Waals surface area contributed by atoms with Crippen LogP contribution in [0.5, 0.6) is 0 Å². The van der Waals surface area contributed by atoms with E-state index in [0.29, 0.717) is 31.2 Å². The van der Waals surface area contributed by atoms with Crippen molar-refractivity contribution >= 4 is 40.8 Å². The van der Waals surface area contributed by atoms with E-state index in [4.69, 9.17) is 23.2 Å². The van der Waals surface area contributed by atoms with Gasteiger partial charge in [0.15, 0.2) is 0 Å². The number of alkyl halides is 1. The van der Waals surface area contributed by atoms with Crippen molar-refractivity contribution in [2.24, 2.45) is 0 Å². The summed E-state index contributed by atoms with van der Waals surface area (Å²) in [6.45, 7) is 2.54. The summed E-state index contributed by atoms with van der Waals surface area (Å²) >= 11 is 11.4. The van der Waals surface area contributed by atoms with Gasteiger partial charge in [-0.25, -0.2) is 4.79 Å². The average molecular weight is 330 g/mol. The molecule has 1 N–H and O–H groups in total. The molecule has 7 heteroatoms. The Hall–Kier alpha value is -1.46. The Kier molecular flexibility index (Phi) is 5.70. The minimum Gasteiger partial charge on any atom is -0.368 e. The van der Waals surface area contributed by atoms with Crippen LogP contribution >= 0.6 is 23.2 Å². The van der Waals surface area contributed by atoms with E-state index in [1.54, 1.807) is 4.90 Å². The molecule has 5 nitrogen and oxygen atoms in total. The van der Waals surface area contributed by atoms with E-state index in [2.05, 4.69) is 10.2 Å². The maximum Gasteiger partial charge on any atom is 0.324 e. The minimum atomic E-state index is -0.351. The topological polar surface area (TPSA) is 52.7 Å². The predicted molar refractivity (Wildman–Crippen MR) is 84.1 cm³/mol. The van der Waals surface area contributed by atoms with Crippen molar-refractivity contribution in [2.75, 3.05) is 37.0 Å². The molecule has 21 heavy (non-hydrogen) atoms. The Balaban J connectivity index is 1.85. The molecule has 2 rings (SSSR count). The molecule has 1 aromatic carbocycles. The van der Waals surface area contributed by atoms with Gasteiger partial charge in [-0.3, -0.25) is 10.1 Å². The number of piperazine rings is 1. The molecule has 1 aromatic rings. The van der Waals surface area contributed by atoms with Crippen LogP contribution in [-0.2, 0) is 4.79 Å². The van der Waals surface area contributed by atoms with E-state index in [9.17, 15) is 9.59 Å². The number of rotatable bonds is 3. The van der Waals surface area contributed by atoms with Crippen LogP contribution in [0, 0.1) is 0 Å². The van der Waals surface area contributed by atoms with Gasteiger partial charge in [-0.1, -0.05) is 17.7 Å². The number of urea groups is 1. The van der Waals surface area contributed by atoms with Crippen LogP contribution in [0.4, 0.5) is 10.5 Å². The van der Waals surface area contributed by atoms with Gasteiger partial charge >= 0.3 is 6.03 Å². The third kappa shape index (κ3) is 4.51. The first-order chi connectivity index (χ1) is 10.1. The highest BCUT2D eigenvalue weighted by Crippen LogP contribution is 2.20. The molecule has 1 saturated heterocycles. The van der Waals surface area contributed by atoms with Gasteiger partial charge < -0.3 is 9.80 Å². The fourth-order valence-corrected chi connectivity index (χ4v) is 2.54. The molecule has 0 unspecified atom stereocenters. The van der Waals surface area contributed by atoms with E-state index < -0.39 is 0 Å². The highest BCUT2D eigenvalue weighted by atomic mass is 35.5. The molecular weight excluding hydrogens is 313 g/mol. The van der Waals surface area contributed by atoms with Gasteiger partial charge in [0.1, 0.15) is 0 Å². The second-order valence-corrected chi connectivity index (χ2v) is 5.56. The van der Waals surface area contributed by atoms with Gasteiger partial charge in [-0.15, -0.1) is 11.6 Å². The molecule has 0 spiro atoms. The molecule has 114 valence electrons. The van der Waals surface area contributed by atoms with Crippen molar-refractivity contribution in [3.05, 3.63) is 29.3 Å². The number of carbonyl (C=O) groups excluding carboxylic acids is 2. The maximum absolute atomic E-state index is 11.9. The quantitative estimate of drug-likeness (QED) is 0.866. The fourth-order valence-electron chi connectivity index (χ4n) is 2.19. The molecule has 0 radical (unpaired) electrons. The van der Waals surface area contributed by atoms with Crippen molar-refractivity contribution in [1.29, 1.82) is 0 Å². The van der Waals surface area contributed by atoms with Crippen LogP contribution < -0.4 is 10.2 Å². The largest absolute Gasteiger partial charge is 0.368 e. The molecule has 3 amide bonds. The molecule has 1 aliphatic heterocycles. The highest BCUT2D eigenvalue weighted by Gasteiger charge is 2.22. The molecule has 0 aliphatic carbocycles. The lowest BCUT2D eigenvalue weighted by Crippen LogP contribution is -2.52. The summed E-state index contributed by atoms with van der Waals surface area (Å²) in [4.78, 5) is 27.0. The zero-order chi connectivity index (χ0) is 15.2. The third-order valence-electron chi connectivity index (χ3n) is 3.31. The summed E-state index contributed by atoms with van der Waals surface area (Å²) in [6.07, 6.45) is 0.149. The van der Waals surface area contributed by atoms with Crippen LogP contribution in [0.25, 0.3) is 0 Å². The number of carbonyl (C=O) groups is 2. The SMILES string of the molecule is O=C(CCCl)NC(=O)N1CCN(c2cccc(Cl)c2)CC1. The predicted octanol–water partition coefficient (Wildman–Crippen LogP) is 2.33. The van der Waals surface area contributed by atoms with Crippen LogP contribution in [0.15, 0.2) is 24.3 Å². The number of benzene rings is 1. The summed E-state index contributed by atoms with van der Waals surface area (Å²) in [7, 11) is 0. The Morgan fingerprint density at radius 1 is 1.19 bits per heavy atom. The van der Waals surface area contributed by atoms with Gasteiger partial charge in [-0.2, -0.15) is 0 Å². The van der Waals surface area contributed by atoms with Crippen molar-refractivity contribution in [1.82, 2.24) is 10.2 Å². The smallest absolute Gasteiger partial charge is 0.324 e. The number of hydrogen-bond acceptors (Lipinski definition) is 3. The monoisotopic (exact) mass is 329 g/mol. The fraction of sp³-hybridized carbons (Fsp3) is 0.429. The number of amides is 3. The van der Waals surface area contributed by atoms with E-state index in [1.807, 2.05) is 24.3 Å². The van der Waals surface area contributed by atoms with Crippen LogP contribution in [0.2, 0.25) is 5.02 Å². The van der Waals surface area contributed by atoms with Crippen LogP contribution in [0.1, 0.15) is 6.42 Å². The van der Waals surface area contributed by atoms with Gasteiger partial charge in [0.25, 0.3) is 0 Å². The number of nitrogens with one attached hydrogen (secondary N) is 1. The standard InChI is InChI=1S/C14H17Cl2N3O2/c15-5-4-13(20)17-14(21)19-8-6-18(7-9-19)12-3-1-2-11(16)10-12/h1-3,10H,4-9H2,(H,17,20,21). The number of hydrogen-bond donors (Lipinski definition) is 1. The first-order valence-corrected chi connectivity index (χ1v) is 7.66. The summed E-state index contributed by atoms with van der Waals surface area (Å²) in [5.41, 5.74) is 1.04. The van der Waals surface area contributed by atoms with Gasteiger partial charge in [-0.05, 0) is 18.2 Å². The normalized spacial score (nSPS) is 15.0. The Morgan fingerprint density at radius 2 is 1.90 bits per heavy atom.